The van der Waals surface area contributed by atoms with Crippen molar-refractivity contribution in [2.75, 3.05) is 24.6 Å². The summed E-state index contributed by atoms with van der Waals surface area (Å²) in [4.78, 5) is 16.0. The lowest BCUT2D eigenvalue weighted by Gasteiger charge is -2.32. The molecule has 0 atom stereocenters. The number of rotatable bonds is 4. The van der Waals surface area contributed by atoms with Crippen LogP contribution in [0.4, 0.5) is 5.82 Å². The van der Waals surface area contributed by atoms with Crippen LogP contribution in [-0.4, -0.2) is 39.8 Å². The van der Waals surface area contributed by atoms with E-state index in [-0.39, 0.29) is 6.61 Å². The fraction of sp³-hybridized carbons (Fsp3) is 0.286. The van der Waals surface area contributed by atoms with Gasteiger partial charge in [-0.3, -0.25) is 4.98 Å². The molecule has 5 nitrogen and oxygen atoms in total. The maximum absolute atomic E-state index is 9.40. The van der Waals surface area contributed by atoms with Crippen LogP contribution in [-0.2, 0) is 0 Å². The quantitative estimate of drug-likeness (QED) is 0.739. The zero-order valence-electron chi connectivity index (χ0n) is 14.9. The second kappa shape index (κ2) is 8.03. The van der Waals surface area contributed by atoms with E-state index in [9.17, 15) is 5.11 Å². The molecule has 1 aromatic carbocycles. The molecule has 3 aromatic rings. The van der Waals surface area contributed by atoms with Crippen molar-refractivity contribution in [2.45, 2.75) is 12.8 Å². The standard InChI is InChI=1S/C21H21ClN4O/c22-18-6-2-1-5-17(18)19-12-20(26-10-7-15(14-27)8-11-26)25-21(24-19)16-4-3-9-23-13-16/h1-6,9,12-13,15,27H,7-8,10-11,14H2. The van der Waals surface area contributed by atoms with Gasteiger partial charge in [0.2, 0.25) is 0 Å². The van der Waals surface area contributed by atoms with Crippen molar-refractivity contribution in [1.29, 1.82) is 0 Å². The molecular formula is C21H21ClN4O. The van der Waals surface area contributed by atoms with Crippen LogP contribution in [0.1, 0.15) is 12.8 Å². The maximum Gasteiger partial charge on any atom is 0.163 e. The summed E-state index contributed by atoms with van der Waals surface area (Å²) in [6.45, 7) is 2.00. The molecule has 0 unspecified atom stereocenters. The summed E-state index contributed by atoms with van der Waals surface area (Å²) >= 11 is 6.42. The van der Waals surface area contributed by atoms with Gasteiger partial charge in [-0.15, -0.1) is 0 Å². The number of piperidine rings is 1. The van der Waals surface area contributed by atoms with Gasteiger partial charge in [0.05, 0.1) is 5.69 Å². The van der Waals surface area contributed by atoms with Crippen molar-refractivity contribution in [3.05, 3.63) is 59.9 Å². The molecule has 1 aliphatic rings. The fourth-order valence-corrected chi connectivity index (χ4v) is 3.60. The summed E-state index contributed by atoms with van der Waals surface area (Å²) in [6.07, 6.45) is 5.43. The Morgan fingerprint density at radius 3 is 2.59 bits per heavy atom. The van der Waals surface area contributed by atoms with Crippen LogP contribution in [0.5, 0.6) is 0 Å². The average Bonchev–Trinajstić information content (AvgIpc) is 2.74. The molecule has 0 spiro atoms. The first kappa shape index (κ1) is 17.9. The van der Waals surface area contributed by atoms with Gasteiger partial charge in [0.15, 0.2) is 5.82 Å². The van der Waals surface area contributed by atoms with Gasteiger partial charge in [0.1, 0.15) is 5.82 Å². The molecule has 0 bridgehead atoms. The molecule has 0 radical (unpaired) electrons. The molecule has 3 heterocycles. The number of nitrogens with zero attached hydrogens (tertiary/aromatic N) is 4. The smallest absolute Gasteiger partial charge is 0.163 e. The number of aliphatic hydroxyl groups is 1. The molecule has 4 rings (SSSR count). The Morgan fingerprint density at radius 1 is 1.07 bits per heavy atom. The van der Waals surface area contributed by atoms with E-state index >= 15 is 0 Å². The number of benzene rings is 1. The summed E-state index contributed by atoms with van der Waals surface area (Å²) in [7, 11) is 0. The minimum Gasteiger partial charge on any atom is -0.396 e. The Morgan fingerprint density at radius 2 is 1.89 bits per heavy atom. The van der Waals surface area contributed by atoms with Crippen molar-refractivity contribution < 1.29 is 5.11 Å². The molecule has 1 N–H and O–H groups in total. The third kappa shape index (κ3) is 3.94. The second-order valence-electron chi connectivity index (χ2n) is 6.77. The topological polar surface area (TPSA) is 62.1 Å². The maximum atomic E-state index is 9.40. The third-order valence-electron chi connectivity index (χ3n) is 4.98. The van der Waals surface area contributed by atoms with Crippen LogP contribution >= 0.6 is 11.6 Å². The number of aliphatic hydroxyl groups excluding tert-OH is 1. The molecule has 27 heavy (non-hydrogen) atoms. The summed E-state index contributed by atoms with van der Waals surface area (Å²) in [5.74, 6) is 1.90. The highest BCUT2D eigenvalue weighted by molar-refractivity contribution is 6.33. The molecule has 138 valence electrons. The largest absolute Gasteiger partial charge is 0.396 e. The highest BCUT2D eigenvalue weighted by Gasteiger charge is 2.21. The number of aromatic nitrogens is 3. The van der Waals surface area contributed by atoms with Gasteiger partial charge in [0, 0.05) is 54.3 Å². The molecular weight excluding hydrogens is 360 g/mol. The van der Waals surface area contributed by atoms with E-state index in [0.717, 1.165) is 48.6 Å². The predicted molar refractivity (Wildman–Crippen MR) is 108 cm³/mol. The van der Waals surface area contributed by atoms with Gasteiger partial charge in [-0.25, -0.2) is 9.97 Å². The monoisotopic (exact) mass is 380 g/mol. The van der Waals surface area contributed by atoms with E-state index in [4.69, 9.17) is 21.6 Å². The van der Waals surface area contributed by atoms with Gasteiger partial charge < -0.3 is 10.0 Å². The first-order chi connectivity index (χ1) is 13.2. The number of anilines is 1. The molecule has 1 saturated heterocycles. The van der Waals surface area contributed by atoms with E-state index < -0.39 is 0 Å². The molecule has 6 heteroatoms. The van der Waals surface area contributed by atoms with Gasteiger partial charge in [-0.2, -0.15) is 0 Å². The van der Waals surface area contributed by atoms with Gasteiger partial charge >= 0.3 is 0 Å². The minimum atomic E-state index is 0.253. The van der Waals surface area contributed by atoms with E-state index in [1.54, 1.807) is 12.4 Å². The van der Waals surface area contributed by atoms with E-state index in [2.05, 4.69) is 9.88 Å². The number of hydrogen-bond acceptors (Lipinski definition) is 5. The number of hydrogen-bond donors (Lipinski definition) is 1. The zero-order chi connectivity index (χ0) is 18.6. The number of pyridine rings is 1. The van der Waals surface area contributed by atoms with Crippen LogP contribution in [0, 0.1) is 5.92 Å². The Labute approximate surface area is 163 Å². The Bertz CT molecular complexity index is 911. The molecule has 0 amide bonds. The highest BCUT2D eigenvalue weighted by atomic mass is 35.5. The lowest BCUT2D eigenvalue weighted by molar-refractivity contribution is 0.203. The molecule has 0 saturated carbocycles. The van der Waals surface area contributed by atoms with E-state index in [0.29, 0.717) is 16.8 Å². The summed E-state index contributed by atoms with van der Waals surface area (Å²) in [5, 5.41) is 10.1. The van der Waals surface area contributed by atoms with Crippen LogP contribution in [0.3, 0.4) is 0 Å². The SMILES string of the molecule is OCC1CCN(c2cc(-c3ccccc3Cl)nc(-c3cccnc3)n2)CC1. The van der Waals surface area contributed by atoms with Gasteiger partial charge in [-0.1, -0.05) is 29.8 Å². The first-order valence-electron chi connectivity index (χ1n) is 9.15. The van der Waals surface area contributed by atoms with Crippen LogP contribution in [0.25, 0.3) is 22.6 Å². The molecule has 1 aliphatic heterocycles. The van der Waals surface area contributed by atoms with Crippen LogP contribution < -0.4 is 4.90 Å². The summed E-state index contributed by atoms with van der Waals surface area (Å²) in [5.41, 5.74) is 2.56. The lowest BCUT2D eigenvalue weighted by Crippen LogP contribution is -2.35. The van der Waals surface area contributed by atoms with Crippen molar-refractivity contribution in [2.24, 2.45) is 5.92 Å². The van der Waals surface area contributed by atoms with Crippen molar-refractivity contribution >= 4 is 17.4 Å². The third-order valence-corrected chi connectivity index (χ3v) is 5.31. The van der Waals surface area contributed by atoms with Gasteiger partial charge in [-0.05, 0) is 37.0 Å². The Balaban J connectivity index is 1.77. The number of halogens is 1. The lowest BCUT2D eigenvalue weighted by atomic mass is 9.98. The van der Waals surface area contributed by atoms with Crippen LogP contribution in [0.2, 0.25) is 5.02 Å². The van der Waals surface area contributed by atoms with Crippen LogP contribution in [0.15, 0.2) is 54.9 Å². The molecule has 2 aromatic heterocycles. The zero-order valence-corrected chi connectivity index (χ0v) is 15.7. The normalized spacial score (nSPS) is 15.1. The van der Waals surface area contributed by atoms with E-state index in [1.807, 2.05) is 42.5 Å². The molecule has 0 aliphatic carbocycles. The summed E-state index contributed by atoms with van der Waals surface area (Å²) < 4.78 is 0. The average molecular weight is 381 g/mol. The summed E-state index contributed by atoms with van der Waals surface area (Å²) in [6, 6.07) is 13.6. The van der Waals surface area contributed by atoms with Crippen molar-refractivity contribution in [1.82, 2.24) is 15.0 Å². The predicted octanol–water partition coefficient (Wildman–Crippen LogP) is 4.07. The minimum absolute atomic E-state index is 0.253. The first-order valence-corrected chi connectivity index (χ1v) is 9.52. The van der Waals surface area contributed by atoms with E-state index in [1.165, 1.54) is 0 Å². The second-order valence-corrected chi connectivity index (χ2v) is 7.18. The Kier molecular flexibility index (Phi) is 5.32. The van der Waals surface area contributed by atoms with Crippen molar-refractivity contribution in [3.8, 4) is 22.6 Å². The van der Waals surface area contributed by atoms with Gasteiger partial charge in [0.25, 0.3) is 0 Å². The van der Waals surface area contributed by atoms with Crippen molar-refractivity contribution in [3.63, 3.8) is 0 Å². The molecule has 1 fully saturated rings. The fourth-order valence-electron chi connectivity index (χ4n) is 3.37. The Hall–Kier alpha value is -2.50. The highest BCUT2D eigenvalue weighted by Crippen LogP contribution is 2.31.